The van der Waals surface area contributed by atoms with Crippen molar-refractivity contribution < 1.29 is 9.53 Å². The number of fused-ring (bicyclic) bond motifs is 1. The number of piperazine rings is 1. The summed E-state index contributed by atoms with van der Waals surface area (Å²) >= 11 is 1.47. The van der Waals surface area contributed by atoms with Crippen LogP contribution in [0.2, 0.25) is 0 Å². The second-order valence-corrected chi connectivity index (χ2v) is 7.70. The average molecular weight is 397 g/mol. The van der Waals surface area contributed by atoms with Crippen molar-refractivity contribution >= 4 is 28.7 Å². The Balaban J connectivity index is 1.17. The molecule has 1 N–H and O–H groups in total. The summed E-state index contributed by atoms with van der Waals surface area (Å²) in [5.41, 5.74) is 1.94. The van der Waals surface area contributed by atoms with E-state index in [0.717, 1.165) is 54.7 Å². The van der Waals surface area contributed by atoms with Crippen molar-refractivity contribution in [3.8, 4) is 5.75 Å². The van der Waals surface area contributed by atoms with E-state index in [1.807, 2.05) is 59.5 Å². The van der Waals surface area contributed by atoms with Gasteiger partial charge in [-0.2, -0.15) is 0 Å². The van der Waals surface area contributed by atoms with E-state index < -0.39 is 0 Å². The smallest absolute Gasteiger partial charge is 0.233 e. The zero-order valence-electron chi connectivity index (χ0n) is 15.7. The number of nitrogens with zero attached hydrogens (tertiary/aromatic N) is 3. The third-order valence-corrected chi connectivity index (χ3v) is 5.70. The summed E-state index contributed by atoms with van der Waals surface area (Å²) in [7, 11) is 0. The molecule has 1 aromatic heterocycles. The number of rotatable bonds is 7. The van der Waals surface area contributed by atoms with Gasteiger partial charge in [0.1, 0.15) is 12.4 Å². The highest BCUT2D eigenvalue weighted by Crippen LogP contribution is 2.19. The third kappa shape index (κ3) is 4.85. The van der Waals surface area contributed by atoms with E-state index >= 15 is 0 Å². The predicted octanol–water partition coefficient (Wildman–Crippen LogP) is 2.88. The lowest BCUT2D eigenvalue weighted by Crippen LogP contribution is -2.50. The Hall–Kier alpha value is -2.51. The molecular weight excluding hydrogens is 372 g/mol. The molecule has 1 amide bonds. The zero-order chi connectivity index (χ0) is 19.2. The van der Waals surface area contributed by atoms with Gasteiger partial charge in [-0.25, -0.2) is 4.98 Å². The van der Waals surface area contributed by atoms with Gasteiger partial charge in [-0.1, -0.05) is 42.1 Å². The molecule has 1 saturated heterocycles. The second-order valence-electron chi connectivity index (χ2n) is 6.73. The van der Waals surface area contributed by atoms with Gasteiger partial charge in [0.2, 0.25) is 5.91 Å². The molecule has 2 heterocycles. The number of hydrogen-bond donors (Lipinski definition) is 1. The number of imidazole rings is 1. The number of carbonyl (C=O) groups excluding carboxylic acids is 1. The van der Waals surface area contributed by atoms with Gasteiger partial charge in [0.25, 0.3) is 0 Å². The SMILES string of the molecule is O=C(CSc1nc2ccccc2[nH]1)N1CCN(CCOc2ccccc2)CC1. The Morgan fingerprint density at radius 2 is 1.79 bits per heavy atom. The van der Waals surface area contributed by atoms with Gasteiger partial charge in [-0.15, -0.1) is 0 Å². The Bertz CT molecular complexity index is 874. The molecule has 0 unspecified atom stereocenters. The largest absolute Gasteiger partial charge is 0.492 e. The first-order valence-corrected chi connectivity index (χ1v) is 10.5. The number of carbonyl (C=O) groups is 1. The first-order valence-electron chi connectivity index (χ1n) is 9.53. The highest BCUT2D eigenvalue weighted by atomic mass is 32.2. The quantitative estimate of drug-likeness (QED) is 0.622. The number of aromatic amines is 1. The Morgan fingerprint density at radius 3 is 2.57 bits per heavy atom. The summed E-state index contributed by atoms with van der Waals surface area (Å²) in [6.45, 7) is 4.86. The minimum Gasteiger partial charge on any atom is -0.492 e. The minimum absolute atomic E-state index is 0.172. The van der Waals surface area contributed by atoms with E-state index in [2.05, 4.69) is 14.9 Å². The molecule has 6 nitrogen and oxygen atoms in total. The number of benzene rings is 2. The molecule has 0 atom stereocenters. The van der Waals surface area contributed by atoms with Gasteiger partial charge >= 0.3 is 0 Å². The number of nitrogens with one attached hydrogen (secondary N) is 1. The van der Waals surface area contributed by atoms with Crippen LogP contribution in [0.5, 0.6) is 5.75 Å². The number of H-pyrrole nitrogens is 1. The molecule has 1 fully saturated rings. The molecule has 4 rings (SSSR count). The summed E-state index contributed by atoms with van der Waals surface area (Å²) in [5, 5.41) is 0.797. The maximum absolute atomic E-state index is 12.5. The first-order chi connectivity index (χ1) is 13.8. The molecule has 146 valence electrons. The fourth-order valence-corrected chi connectivity index (χ4v) is 4.04. The standard InChI is InChI=1S/C21H24N4O2S/c26-20(16-28-21-22-18-8-4-5-9-19(18)23-21)25-12-10-24(11-13-25)14-15-27-17-6-2-1-3-7-17/h1-9H,10-16H2,(H,22,23). The predicted molar refractivity (Wildman–Crippen MR) is 112 cm³/mol. The van der Waals surface area contributed by atoms with Crippen molar-refractivity contribution in [1.82, 2.24) is 19.8 Å². The molecular formula is C21H24N4O2S. The fourth-order valence-electron chi connectivity index (χ4n) is 3.25. The van der Waals surface area contributed by atoms with E-state index in [9.17, 15) is 4.79 Å². The molecule has 28 heavy (non-hydrogen) atoms. The van der Waals surface area contributed by atoms with Gasteiger partial charge in [-0.3, -0.25) is 9.69 Å². The van der Waals surface area contributed by atoms with Gasteiger partial charge in [0, 0.05) is 32.7 Å². The van der Waals surface area contributed by atoms with Crippen LogP contribution in [-0.2, 0) is 4.79 Å². The maximum Gasteiger partial charge on any atom is 0.233 e. The van der Waals surface area contributed by atoms with Crippen LogP contribution in [0.15, 0.2) is 59.8 Å². The summed E-state index contributed by atoms with van der Waals surface area (Å²) in [6.07, 6.45) is 0. The Kier molecular flexibility index (Phi) is 6.14. The number of ether oxygens (including phenoxy) is 1. The van der Waals surface area contributed by atoms with E-state index in [-0.39, 0.29) is 5.91 Å². The zero-order valence-corrected chi connectivity index (χ0v) is 16.5. The molecule has 1 aliphatic rings. The molecule has 2 aromatic carbocycles. The van der Waals surface area contributed by atoms with Crippen LogP contribution in [0.1, 0.15) is 0 Å². The van der Waals surface area contributed by atoms with E-state index in [0.29, 0.717) is 12.4 Å². The summed E-state index contributed by atoms with van der Waals surface area (Å²) in [5.74, 6) is 1.49. The van der Waals surface area contributed by atoms with Gasteiger partial charge in [0.15, 0.2) is 5.16 Å². The lowest BCUT2D eigenvalue weighted by atomic mass is 10.3. The number of hydrogen-bond acceptors (Lipinski definition) is 5. The number of aromatic nitrogens is 2. The van der Waals surface area contributed by atoms with Gasteiger partial charge in [-0.05, 0) is 24.3 Å². The maximum atomic E-state index is 12.5. The minimum atomic E-state index is 0.172. The molecule has 0 radical (unpaired) electrons. The summed E-state index contributed by atoms with van der Waals surface area (Å²) in [6, 6.07) is 17.8. The van der Waals surface area contributed by atoms with E-state index in [1.54, 1.807) is 0 Å². The van der Waals surface area contributed by atoms with Crippen molar-refractivity contribution in [1.29, 1.82) is 0 Å². The molecule has 1 aliphatic heterocycles. The van der Waals surface area contributed by atoms with Crippen molar-refractivity contribution in [2.24, 2.45) is 0 Å². The lowest BCUT2D eigenvalue weighted by Gasteiger charge is -2.34. The Morgan fingerprint density at radius 1 is 1.04 bits per heavy atom. The van der Waals surface area contributed by atoms with E-state index in [4.69, 9.17) is 4.74 Å². The van der Waals surface area contributed by atoms with Crippen molar-refractivity contribution in [2.75, 3.05) is 45.1 Å². The highest BCUT2D eigenvalue weighted by Gasteiger charge is 2.21. The summed E-state index contributed by atoms with van der Waals surface area (Å²) < 4.78 is 5.76. The van der Waals surface area contributed by atoms with Crippen molar-refractivity contribution in [3.63, 3.8) is 0 Å². The molecule has 3 aromatic rings. The average Bonchev–Trinajstić information content (AvgIpc) is 3.16. The van der Waals surface area contributed by atoms with Crippen LogP contribution < -0.4 is 4.74 Å². The van der Waals surface area contributed by atoms with Crippen molar-refractivity contribution in [2.45, 2.75) is 5.16 Å². The topological polar surface area (TPSA) is 61.5 Å². The number of amides is 1. The van der Waals surface area contributed by atoms with Crippen LogP contribution >= 0.6 is 11.8 Å². The van der Waals surface area contributed by atoms with Crippen LogP contribution in [0, 0.1) is 0 Å². The molecule has 0 spiro atoms. The monoisotopic (exact) mass is 396 g/mol. The summed E-state index contributed by atoms with van der Waals surface area (Å²) in [4.78, 5) is 24.6. The first kappa shape index (κ1) is 18.8. The van der Waals surface area contributed by atoms with Crippen LogP contribution in [0.3, 0.4) is 0 Å². The van der Waals surface area contributed by atoms with Gasteiger partial charge < -0.3 is 14.6 Å². The third-order valence-electron chi connectivity index (χ3n) is 4.84. The highest BCUT2D eigenvalue weighted by molar-refractivity contribution is 7.99. The Labute approximate surface area is 168 Å². The molecule has 0 saturated carbocycles. The van der Waals surface area contributed by atoms with Crippen LogP contribution in [0.25, 0.3) is 11.0 Å². The molecule has 0 bridgehead atoms. The van der Waals surface area contributed by atoms with Crippen molar-refractivity contribution in [3.05, 3.63) is 54.6 Å². The number of para-hydroxylation sites is 3. The molecule has 7 heteroatoms. The fraction of sp³-hybridized carbons (Fsp3) is 0.333. The number of thioether (sulfide) groups is 1. The molecule has 0 aliphatic carbocycles. The second kappa shape index (κ2) is 9.12. The lowest BCUT2D eigenvalue weighted by molar-refractivity contribution is -0.130. The van der Waals surface area contributed by atoms with Crippen LogP contribution in [-0.4, -0.2) is 70.8 Å². The van der Waals surface area contributed by atoms with E-state index in [1.165, 1.54) is 11.8 Å². The normalized spacial score (nSPS) is 15.1. The van der Waals surface area contributed by atoms with Gasteiger partial charge in [0.05, 0.1) is 16.8 Å². The van der Waals surface area contributed by atoms with Crippen LogP contribution in [0.4, 0.5) is 0 Å².